The summed E-state index contributed by atoms with van der Waals surface area (Å²) in [5, 5.41) is 0. The summed E-state index contributed by atoms with van der Waals surface area (Å²) >= 11 is 0. The first kappa shape index (κ1) is 20.1. The van der Waals surface area contributed by atoms with Gasteiger partial charge in [0.05, 0.1) is 16.2 Å². The summed E-state index contributed by atoms with van der Waals surface area (Å²) in [6.07, 6.45) is -4.38. The average molecular weight is 410 g/mol. The fourth-order valence-corrected chi connectivity index (χ4v) is 3.67. The molecular formula is C19H17F3N2O3S. The molecule has 0 radical (unpaired) electrons. The molecule has 2 aromatic carbocycles. The Balaban J connectivity index is 1.69. The lowest BCUT2D eigenvalue weighted by Crippen LogP contribution is -2.26. The van der Waals surface area contributed by atoms with Crippen molar-refractivity contribution in [3.05, 3.63) is 71.6 Å². The van der Waals surface area contributed by atoms with Gasteiger partial charge in [0.15, 0.2) is 0 Å². The van der Waals surface area contributed by atoms with Crippen LogP contribution in [0.2, 0.25) is 0 Å². The van der Waals surface area contributed by atoms with Crippen molar-refractivity contribution in [1.82, 2.24) is 9.71 Å². The van der Waals surface area contributed by atoms with Crippen LogP contribution in [0.3, 0.4) is 0 Å². The third-order valence-electron chi connectivity index (χ3n) is 4.04. The molecular weight excluding hydrogens is 393 g/mol. The number of sulfonamides is 1. The maximum absolute atomic E-state index is 12.8. The molecule has 0 saturated heterocycles. The number of halogens is 3. The van der Waals surface area contributed by atoms with Crippen LogP contribution in [0, 0.1) is 6.92 Å². The highest BCUT2D eigenvalue weighted by Gasteiger charge is 2.31. The molecule has 28 heavy (non-hydrogen) atoms. The van der Waals surface area contributed by atoms with Crippen LogP contribution in [-0.2, 0) is 22.6 Å². The summed E-state index contributed by atoms with van der Waals surface area (Å²) in [4.78, 5) is 3.93. The molecule has 0 amide bonds. The van der Waals surface area contributed by atoms with E-state index in [4.69, 9.17) is 4.42 Å². The number of aryl methyl sites for hydroxylation is 1. The van der Waals surface area contributed by atoms with Crippen molar-refractivity contribution in [3.8, 4) is 11.5 Å². The zero-order valence-electron chi connectivity index (χ0n) is 14.8. The first-order valence-electron chi connectivity index (χ1n) is 8.35. The highest BCUT2D eigenvalue weighted by molar-refractivity contribution is 7.89. The third-order valence-corrected chi connectivity index (χ3v) is 5.50. The Hall–Kier alpha value is -2.65. The van der Waals surface area contributed by atoms with Crippen molar-refractivity contribution in [1.29, 1.82) is 0 Å². The number of rotatable bonds is 6. The van der Waals surface area contributed by atoms with Crippen LogP contribution in [0.25, 0.3) is 11.5 Å². The van der Waals surface area contributed by atoms with Crippen LogP contribution in [0.1, 0.15) is 17.0 Å². The Kier molecular flexibility index (Phi) is 5.57. The molecule has 1 heterocycles. The van der Waals surface area contributed by atoms with E-state index in [0.717, 1.165) is 23.8 Å². The number of benzene rings is 2. The fraction of sp³-hybridized carbons (Fsp3) is 0.211. The number of hydrogen-bond acceptors (Lipinski definition) is 4. The van der Waals surface area contributed by atoms with Crippen molar-refractivity contribution < 1.29 is 26.0 Å². The van der Waals surface area contributed by atoms with Crippen LogP contribution in [0.15, 0.2) is 63.9 Å². The Morgan fingerprint density at radius 3 is 2.46 bits per heavy atom. The number of hydrogen-bond donors (Lipinski definition) is 1. The molecule has 0 fully saturated rings. The third kappa shape index (κ3) is 4.60. The van der Waals surface area contributed by atoms with Crippen LogP contribution >= 0.6 is 0 Å². The van der Waals surface area contributed by atoms with E-state index < -0.39 is 26.7 Å². The molecule has 3 rings (SSSR count). The van der Waals surface area contributed by atoms with E-state index in [9.17, 15) is 21.6 Å². The van der Waals surface area contributed by atoms with E-state index in [1.807, 2.05) is 30.3 Å². The minimum atomic E-state index is -4.61. The zero-order chi connectivity index (χ0) is 20.4. The van der Waals surface area contributed by atoms with Gasteiger partial charge >= 0.3 is 6.18 Å². The van der Waals surface area contributed by atoms with Crippen LogP contribution < -0.4 is 4.72 Å². The Morgan fingerprint density at radius 1 is 1.07 bits per heavy atom. The highest BCUT2D eigenvalue weighted by atomic mass is 32.2. The van der Waals surface area contributed by atoms with Crippen molar-refractivity contribution in [2.45, 2.75) is 24.4 Å². The second-order valence-electron chi connectivity index (χ2n) is 6.06. The molecule has 1 N–H and O–H groups in total. The summed E-state index contributed by atoms with van der Waals surface area (Å²) < 4.78 is 70.8. The Labute approximate surface area is 160 Å². The zero-order valence-corrected chi connectivity index (χ0v) is 15.6. The molecule has 0 saturated carbocycles. The Bertz CT molecular complexity index is 1060. The van der Waals surface area contributed by atoms with Crippen LogP contribution in [0.4, 0.5) is 13.2 Å². The van der Waals surface area contributed by atoms with Gasteiger partial charge in [-0.25, -0.2) is 18.1 Å². The van der Waals surface area contributed by atoms with Gasteiger partial charge in [0.25, 0.3) is 0 Å². The lowest BCUT2D eigenvalue weighted by Gasteiger charge is -2.10. The van der Waals surface area contributed by atoms with E-state index in [0.29, 0.717) is 23.4 Å². The molecule has 0 aliphatic heterocycles. The molecule has 1 aromatic heterocycles. The standard InChI is InChI=1S/C19H17F3N2O3S/c1-13-17(24-18(27-13)14-6-3-2-4-7-14)10-11-23-28(25,26)16-9-5-8-15(12-16)19(20,21)22/h2-9,12,23H,10-11H2,1H3. The molecule has 0 atom stereocenters. The van der Waals surface area contributed by atoms with Crippen molar-refractivity contribution in [2.75, 3.05) is 6.54 Å². The number of aromatic nitrogens is 1. The van der Waals surface area contributed by atoms with E-state index in [-0.39, 0.29) is 13.0 Å². The SMILES string of the molecule is Cc1oc(-c2ccccc2)nc1CCNS(=O)(=O)c1cccc(C(F)(F)F)c1. The van der Waals surface area contributed by atoms with Gasteiger partial charge in [-0.15, -0.1) is 0 Å². The maximum Gasteiger partial charge on any atom is 0.416 e. The normalized spacial score (nSPS) is 12.3. The predicted molar refractivity (Wildman–Crippen MR) is 97.0 cm³/mol. The first-order valence-corrected chi connectivity index (χ1v) is 9.84. The molecule has 5 nitrogen and oxygen atoms in total. The quantitative estimate of drug-likeness (QED) is 0.662. The lowest BCUT2D eigenvalue weighted by atomic mass is 10.2. The van der Waals surface area contributed by atoms with Gasteiger partial charge in [-0.2, -0.15) is 13.2 Å². The summed E-state index contributed by atoms with van der Waals surface area (Å²) in [6, 6.07) is 12.8. The second-order valence-corrected chi connectivity index (χ2v) is 7.83. The molecule has 0 bridgehead atoms. The minimum absolute atomic E-state index is 0.0276. The van der Waals surface area contributed by atoms with Gasteiger partial charge in [-0.1, -0.05) is 24.3 Å². The van der Waals surface area contributed by atoms with Crippen molar-refractivity contribution in [3.63, 3.8) is 0 Å². The van der Waals surface area contributed by atoms with Gasteiger partial charge in [-0.05, 0) is 37.3 Å². The van der Waals surface area contributed by atoms with E-state index in [1.54, 1.807) is 6.92 Å². The Morgan fingerprint density at radius 2 is 1.79 bits per heavy atom. The molecule has 0 aliphatic rings. The van der Waals surface area contributed by atoms with Gasteiger partial charge in [0.1, 0.15) is 5.76 Å². The van der Waals surface area contributed by atoms with Crippen molar-refractivity contribution >= 4 is 10.0 Å². The average Bonchev–Trinajstić information content (AvgIpc) is 3.03. The number of nitrogens with one attached hydrogen (secondary N) is 1. The molecule has 0 unspecified atom stereocenters. The fourth-order valence-electron chi connectivity index (χ4n) is 2.59. The monoisotopic (exact) mass is 410 g/mol. The predicted octanol–water partition coefficient (Wildman–Crippen LogP) is 4.19. The maximum atomic E-state index is 12.8. The number of oxazole rings is 1. The summed E-state index contributed by atoms with van der Waals surface area (Å²) in [5.41, 5.74) is 0.349. The van der Waals surface area contributed by atoms with E-state index in [1.165, 1.54) is 0 Å². The van der Waals surface area contributed by atoms with Gasteiger partial charge in [0.2, 0.25) is 15.9 Å². The van der Waals surface area contributed by atoms with Gasteiger partial charge in [-0.3, -0.25) is 0 Å². The lowest BCUT2D eigenvalue weighted by molar-refractivity contribution is -0.137. The summed E-state index contributed by atoms with van der Waals surface area (Å²) in [7, 11) is -4.08. The highest BCUT2D eigenvalue weighted by Crippen LogP contribution is 2.30. The molecule has 3 aromatic rings. The second kappa shape index (κ2) is 7.76. The van der Waals surface area contributed by atoms with E-state index >= 15 is 0 Å². The largest absolute Gasteiger partial charge is 0.441 e. The smallest absolute Gasteiger partial charge is 0.416 e. The number of nitrogens with zero attached hydrogens (tertiary/aromatic N) is 1. The van der Waals surface area contributed by atoms with Gasteiger partial charge < -0.3 is 4.42 Å². The minimum Gasteiger partial charge on any atom is -0.441 e. The summed E-state index contributed by atoms with van der Waals surface area (Å²) in [6.45, 7) is 1.69. The topological polar surface area (TPSA) is 72.2 Å². The molecule has 0 spiro atoms. The van der Waals surface area contributed by atoms with Crippen molar-refractivity contribution in [2.24, 2.45) is 0 Å². The van der Waals surface area contributed by atoms with Crippen LogP contribution in [-0.4, -0.2) is 19.9 Å². The van der Waals surface area contributed by atoms with Crippen LogP contribution in [0.5, 0.6) is 0 Å². The first-order chi connectivity index (χ1) is 13.2. The van der Waals surface area contributed by atoms with E-state index in [2.05, 4.69) is 9.71 Å². The van der Waals surface area contributed by atoms with Gasteiger partial charge in [0, 0.05) is 18.5 Å². The molecule has 0 aliphatic carbocycles. The molecule has 9 heteroatoms. The summed E-state index contributed by atoms with van der Waals surface area (Å²) in [5.74, 6) is 0.978. The number of alkyl halides is 3. The molecule has 148 valence electrons.